The van der Waals surface area contributed by atoms with Crippen LogP contribution in [0.15, 0.2) is 52.2 Å². The predicted molar refractivity (Wildman–Crippen MR) is 115 cm³/mol. The van der Waals surface area contributed by atoms with E-state index in [2.05, 4.69) is 10.6 Å². The topological polar surface area (TPSA) is 53.5 Å². The summed E-state index contributed by atoms with van der Waals surface area (Å²) in [5.74, 6) is 2.14. The quantitative estimate of drug-likeness (QED) is 0.690. The zero-order valence-electron chi connectivity index (χ0n) is 17.9. The Morgan fingerprint density at radius 1 is 1.03 bits per heavy atom. The van der Waals surface area contributed by atoms with Crippen molar-refractivity contribution >= 4 is 11.6 Å². The van der Waals surface area contributed by atoms with Crippen LogP contribution < -0.4 is 10.6 Å². The first kappa shape index (κ1) is 20.1. The van der Waals surface area contributed by atoms with Crippen LogP contribution in [0.2, 0.25) is 0 Å². The number of aliphatic imine (C=N–C) groups is 1. The average Bonchev–Trinajstić information content (AvgIpc) is 3.02. The summed E-state index contributed by atoms with van der Waals surface area (Å²) in [6, 6.07) is 4.86. The number of alkyl halides is 3. The Kier molecular flexibility index (Phi) is 4.21. The summed E-state index contributed by atoms with van der Waals surface area (Å²) in [5.41, 5.74) is 3.01. The first-order valence-corrected chi connectivity index (χ1v) is 11.5. The number of hydrogen-bond acceptors (Lipinski definition) is 3. The van der Waals surface area contributed by atoms with E-state index in [9.17, 15) is 18.0 Å². The molecule has 6 aliphatic rings. The van der Waals surface area contributed by atoms with Gasteiger partial charge in [-0.15, -0.1) is 0 Å². The number of allylic oxidation sites excluding steroid dienone is 3. The fourth-order valence-corrected chi connectivity index (χ4v) is 7.05. The van der Waals surface area contributed by atoms with E-state index in [4.69, 9.17) is 4.99 Å². The monoisotopic (exact) mass is 441 g/mol. The van der Waals surface area contributed by atoms with Crippen LogP contribution in [-0.4, -0.2) is 17.2 Å². The molecule has 168 valence electrons. The fourth-order valence-electron chi connectivity index (χ4n) is 7.05. The number of rotatable bonds is 3. The molecule has 7 heteroatoms. The van der Waals surface area contributed by atoms with Gasteiger partial charge in [0.25, 0.3) is 5.91 Å². The lowest BCUT2D eigenvalue weighted by Gasteiger charge is -2.57. The Hall–Kier alpha value is -2.57. The van der Waals surface area contributed by atoms with Gasteiger partial charge in [0.15, 0.2) is 0 Å². The minimum Gasteiger partial charge on any atom is -0.378 e. The highest BCUT2D eigenvalue weighted by atomic mass is 19.4. The van der Waals surface area contributed by atoms with Crippen molar-refractivity contribution in [2.45, 2.75) is 63.3 Å². The largest absolute Gasteiger partial charge is 0.416 e. The van der Waals surface area contributed by atoms with Gasteiger partial charge in [0, 0.05) is 5.54 Å². The molecular formula is C25H26F3N3O. The first-order valence-electron chi connectivity index (χ1n) is 11.5. The normalized spacial score (nSPS) is 35.4. The lowest BCUT2D eigenvalue weighted by Crippen LogP contribution is -2.58. The third-order valence-electron chi connectivity index (χ3n) is 8.00. The van der Waals surface area contributed by atoms with Crippen LogP contribution in [0.3, 0.4) is 0 Å². The molecule has 1 amide bonds. The highest BCUT2D eigenvalue weighted by Gasteiger charge is 2.52. The molecule has 5 aliphatic carbocycles. The molecule has 4 bridgehead atoms. The Morgan fingerprint density at radius 2 is 1.62 bits per heavy atom. The molecule has 4 nitrogen and oxygen atoms in total. The van der Waals surface area contributed by atoms with Crippen LogP contribution in [0.1, 0.15) is 62.7 Å². The van der Waals surface area contributed by atoms with Crippen LogP contribution in [0.5, 0.6) is 0 Å². The molecular weight excluding hydrogens is 415 g/mol. The van der Waals surface area contributed by atoms with Crippen LogP contribution in [0.25, 0.3) is 0 Å². The summed E-state index contributed by atoms with van der Waals surface area (Å²) in [6.07, 6.45) is 4.35. The van der Waals surface area contributed by atoms with E-state index in [-0.39, 0.29) is 11.4 Å². The molecule has 0 radical (unpaired) electrons. The summed E-state index contributed by atoms with van der Waals surface area (Å²) >= 11 is 0. The number of nitrogens with one attached hydrogen (secondary N) is 2. The predicted octanol–water partition coefficient (Wildman–Crippen LogP) is 5.05. The number of hydrogen-bond donors (Lipinski definition) is 2. The van der Waals surface area contributed by atoms with Crippen LogP contribution >= 0.6 is 0 Å². The minimum absolute atomic E-state index is 0.0783. The summed E-state index contributed by atoms with van der Waals surface area (Å²) in [6.45, 7) is 2.00. The van der Waals surface area contributed by atoms with Crippen molar-refractivity contribution in [2.75, 3.05) is 0 Å². The van der Waals surface area contributed by atoms with Gasteiger partial charge in [-0.3, -0.25) is 9.79 Å². The van der Waals surface area contributed by atoms with Crippen LogP contribution in [-0.2, 0) is 11.0 Å². The smallest absolute Gasteiger partial charge is 0.378 e. The SMILES string of the molecule is CC1=C(NC23CC4CC(CC(C4)C2)C3)C2=NC(c3ccc(C(F)(F)F)cc3)NC(=O)C2=C1. The van der Waals surface area contributed by atoms with Gasteiger partial charge in [-0.1, -0.05) is 12.1 Å². The molecule has 1 aromatic carbocycles. The summed E-state index contributed by atoms with van der Waals surface area (Å²) in [4.78, 5) is 17.6. The van der Waals surface area contributed by atoms with E-state index in [1.807, 2.05) is 13.0 Å². The van der Waals surface area contributed by atoms with E-state index in [1.165, 1.54) is 50.7 Å². The number of fused-ring (bicyclic) bond motifs is 1. The lowest BCUT2D eigenvalue weighted by molar-refractivity contribution is -0.137. The number of benzene rings is 1. The van der Waals surface area contributed by atoms with Gasteiger partial charge in [0.05, 0.1) is 22.5 Å². The second kappa shape index (κ2) is 6.72. The van der Waals surface area contributed by atoms with Crippen LogP contribution in [0, 0.1) is 17.8 Å². The Bertz CT molecular complexity index is 1050. The lowest BCUT2D eigenvalue weighted by atomic mass is 9.53. The minimum atomic E-state index is -4.39. The number of nitrogens with zero attached hydrogens (tertiary/aromatic N) is 1. The molecule has 1 heterocycles. The van der Waals surface area contributed by atoms with Crippen molar-refractivity contribution in [1.29, 1.82) is 0 Å². The van der Waals surface area contributed by atoms with Gasteiger partial charge < -0.3 is 10.6 Å². The maximum atomic E-state index is 12.9. The van der Waals surface area contributed by atoms with E-state index >= 15 is 0 Å². The van der Waals surface area contributed by atoms with E-state index < -0.39 is 17.9 Å². The Balaban J connectivity index is 1.30. The second-order valence-corrected chi connectivity index (χ2v) is 10.4. The zero-order chi connectivity index (χ0) is 22.3. The van der Waals surface area contributed by atoms with Gasteiger partial charge in [-0.2, -0.15) is 13.2 Å². The van der Waals surface area contributed by atoms with Crippen molar-refractivity contribution in [3.63, 3.8) is 0 Å². The van der Waals surface area contributed by atoms with Gasteiger partial charge >= 0.3 is 6.18 Å². The molecule has 1 aliphatic heterocycles. The standard InChI is InChI=1S/C25H26F3N3O/c1-13-6-19-21(20(13)31-24-10-14-7-15(11-24)9-16(8-14)12-24)29-22(30-23(19)32)17-2-4-18(5-3-17)25(26,27)28/h2-6,14-16,22,31H,7-12H2,1H3,(H,30,32). The highest BCUT2D eigenvalue weighted by molar-refractivity contribution is 6.31. The van der Waals surface area contributed by atoms with Crippen molar-refractivity contribution in [2.24, 2.45) is 22.7 Å². The maximum absolute atomic E-state index is 12.9. The van der Waals surface area contributed by atoms with Crippen molar-refractivity contribution in [3.8, 4) is 0 Å². The second-order valence-electron chi connectivity index (χ2n) is 10.4. The summed E-state index contributed by atoms with van der Waals surface area (Å²) in [5, 5.41) is 6.69. The maximum Gasteiger partial charge on any atom is 0.416 e. The summed E-state index contributed by atoms with van der Waals surface area (Å²) in [7, 11) is 0. The average molecular weight is 441 g/mol. The molecule has 7 rings (SSSR count). The molecule has 1 aromatic rings. The molecule has 1 atom stereocenters. The number of carbonyl (C=O) groups excluding carboxylic acids is 1. The molecule has 4 fully saturated rings. The first-order chi connectivity index (χ1) is 15.2. The highest BCUT2D eigenvalue weighted by Crippen LogP contribution is 2.56. The van der Waals surface area contributed by atoms with Gasteiger partial charge in [-0.05, 0) is 92.5 Å². The van der Waals surface area contributed by atoms with Gasteiger partial charge in [-0.25, -0.2) is 0 Å². The number of halogens is 3. The van der Waals surface area contributed by atoms with E-state index in [1.54, 1.807) is 0 Å². The van der Waals surface area contributed by atoms with Crippen molar-refractivity contribution in [1.82, 2.24) is 10.6 Å². The van der Waals surface area contributed by atoms with Crippen molar-refractivity contribution in [3.05, 3.63) is 58.3 Å². The third kappa shape index (κ3) is 3.20. The van der Waals surface area contributed by atoms with Gasteiger partial charge in [0.1, 0.15) is 6.17 Å². The number of amides is 1. The molecule has 32 heavy (non-hydrogen) atoms. The molecule has 1 unspecified atom stereocenters. The van der Waals surface area contributed by atoms with E-state index in [0.29, 0.717) is 16.8 Å². The third-order valence-corrected chi connectivity index (χ3v) is 8.00. The molecule has 4 saturated carbocycles. The molecule has 0 spiro atoms. The summed E-state index contributed by atoms with van der Waals surface area (Å²) < 4.78 is 38.8. The van der Waals surface area contributed by atoms with Crippen molar-refractivity contribution < 1.29 is 18.0 Å². The fraction of sp³-hybridized carbons (Fsp3) is 0.520. The molecule has 0 saturated heterocycles. The Labute approximate surface area is 185 Å². The number of carbonyl (C=O) groups is 1. The Morgan fingerprint density at radius 3 is 2.19 bits per heavy atom. The van der Waals surface area contributed by atoms with E-state index in [0.717, 1.165) is 41.2 Å². The van der Waals surface area contributed by atoms with Crippen LogP contribution in [0.4, 0.5) is 13.2 Å². The zero-order valence-corrected chi connectivity index (χ0v) is 17.9. The van der Waals surface area contributed by atoms with Gasteiger partial charge in [0.2, 0.25) is 0 Å². The molecule has 0 aromatic heterocycles. The molecule has 2 N–H and O–H groups in total.